The lowest BCUT2D eigenvalue weighted by Gasteiger charge is -2.00. The maximum Gasteiger partial charge on any atom is 0.241 e. The minimum atomic E-state index is -0.387. The fourth-order valence-electron chi connectivity index (χ4n) is 1.06. The quantitative estimate of drug-likeness (QED) is 0.449. The number of hydrogen-bond acceptors (Lipinski definition) is 3. The normalized spacial score (nSPS) is 25.5. The summed E-state index contributed by atoms with van der Waals surface area (Å²) in [5, 5.41) is 10.2. The highest BCUT2D eigenvalue weighted by Crippen LogP contribution is 2.14. The van der Waals surface area contributed by atoms with Crippen LogP contribution in [0.1, 0.15) is 19.8 Å². The Morgan fingerprint density at radius 3 is 3.00 bits per heavy atom. The molecular weight excluding hydrogens is 146 g/mol. The summed E-state index contributed by atoms with van der Waals surface area (Å²) in [6.45, 7) is 2.22. The van der Waals surface area contributed by atoms with Gasteiger partial charge in [-0.2, -0.15) is 0 Å². The number of allylic oxidation sites excluding steroid dienone is 1. The first-order valence-corrected chi connectivity index (χ1v) is 3.64. The molecule has 4 heteroatoms. The average Bonchev–Trinajstić information content (AvgIpc) is 2.39. The molecule has 1 saturated heterocycles. The van der Waals surface area contributed by atoms with Gasteiger partial charge in [-0.1, -0.05) is 0 Å². The summed E-state index contributed by atoms with van der Waals surface area (Å²) in [6, 6.07) is 0. The largest absolute Gasteiger partial charge is 0.374 e. The number of ether oxygens (including phenoxy) is 1. The number of nitrogens with zero attached hydrogens (tertiary/aromatic N) is 1. The van der Waals surface area contributed by atoms with Crippen molar-refractivity contribution in [2.24, 2.45) is 0 Å². The molecule has 1 atom stereocenters. The highest BCUT2D eigenvalue weighted by molar-refractivity contribution is 4.95. The summed E-state index contributed by atoms with van der Waals surface area (Å²) in [6.07, 6.45) is 3.46. The Hall–Kier alpha value is -0.900. The second-order valence-corrected chi connectivity index (χ2v) is 2.62. The van der Waals surface area contributed by atoms with Crippen molar-refractivity contribution in [3.8, 4) is 0 Å². The van der Waals surface area contributed by atoms with Gasteiger partial charge in [-0.3, -0.25) is 10.1 Å². The highest BCUT2D eigenvalue weighted by Gasteiger charge is 2.15. The Morgan fingerprint density at radius 1 is 1.82 bits per heavy atom. The molecule has 1 aliphatic heterocycles. The summed E-state index contributed by atoms with van der Waals surface area (Å²) >= 11 is 0. The van der Waals surface area contributed by atoms with Crippen molar-refractivity contribution in [3.05, 3.63) is 21.9 Å². The fourth-order valence-corrected chi connectivity index (χ4v) is 1.06. The summed E-state index contributed by atoms with van der Waals surface area (Å²) in [7, 11) is 0. The van der Waals surface area contributed by atoms with Crippen LogP contribution in [0, 0.1) is 10.1 Å². The molecule has 0 aromatic rings. The second kappa shape index (κ2) is 3.48. The molecule has 0 radical (unpaired) electrons. The molecule has 1 rings (SSSR count). The first-order chi connectivity index (χ1) is 5.20. The van der Waals surface area contributed by atoms with Gasteiger partial charge in [0.1, 0.15) is 0 Å². The first kappa shape index (κ1) is 8.20. The molecule has 0 aromatic heterocycles. The van der Waals surface area contributed by atoms with E-state index in [-0.39, 0.29) is 16.7 Å². The maximum atomic E-state index is 10.2. The van der Waals surface area contributed by atoms with Crippen LogP contribution in [0.25, 0.3) is 0 Å². The number of rotatable bonds is 2. The van der Waals surface area contributed by atoms with E-state index in [9.17, 15) is 10.1 Å². The van der Waals surface area contributed by atoms with Crippen LogP contribution in [0.5, 0.6) is 0 Å². The van der Waals surface area contributed by atoms with E-state index >= 15 is 0 Å². The minimum Gasteiger partial charge on any atom is -0.374 e. The van der Waals surface area contributed by atoms with Gasteiger partial charge in [0.25, 0.3) is 0 Å². The zero-order valence-electron chi connectivity index (χ0n) is 6.45. The first-order valence-electron chi connectivity index (χ1n) is 3.64. The molecule has 62 valence electrons. The van der Waals surface area contributed by atoms with Crippen LogP contribution >= 0.6 is 0 Å². The molecule has 1 aliphatic rings. The van der Waals surface area contributed by atoms with Gasteiger partial charge in [0.2, 0.25) is 5.70 Å². The maximum absolute atomic E-state index is 10.2. The zero-order valence-corrected chi connectivity index (χ0v) is 6.45. The third-order valence-electron chi connectivity index (χ3n) is 1.68. The van der Waals surface area contributed by atoms with Gasteiger partial charge >= 0.3 is 0 Å². The van der Waals surface area contributed by atoms with E-state index in [0.717, 1.165) is 19.4 Å². The lowest BCUT2D eigenvalue weighted by molar-refractivity contribution is -0.425. The van der Waals surface area contributed by atoms with Gasteiger partial charge in [-0.05, 0) is 12.8 Å². The van der Waals surface area contributed by atoms with Crippen molar-refractivity contribution in [1.29, 1.82) is 0 Å². The Bertz CT molecular complexity index is 182. The van der Waals surface area contributed by atoms with E-state index in [2.05, 4.69) is 0 Å². The van der Waals surface area contributed by atoms with Crippen molar-refractivity contribution in [3.63, 3.8) is 0 Å². The predicted octanol–water partition coefficient (Wildman–Crippen LogP) is 1.35. The molecule has 0 N–H and O–H groups in total. The molecule has 11 heavy (non-hydrogen) atoms. The molecule has 0 amide bonds. The van der Waals surface area contributed by atoms with E-state index in [1.54, 1.807) is 6.08 Å². The second-order valence-electron chi connectivity index (χ2n) is 2.62. The summed E-state index contributed by atoms with van der Waals surface area (Å²) in [5.41, 5.74) is 0.178. The fraction of sp³-hybridized carbons (Fsp3) is 0.714. The smallest absolute Gasteiger partial charge is 0.241 e. The average molecular weight is 157 g/mol. The van der Waals surface area contributed by atoms with Gasteiger partial charge < -0.3 is 4.74 Å². The molecule has 0 bridgehead atoms. The van der Waals surface area contributed by atoms with Crippen molar-refractivity contribution >= 4 is 0 Å². The topological polar surface area (TPSA) is 52.4 Å². The number of hydrogen-bond donors (Lipinski definition) is 0. The lowest BCUT2D eigenvalue weighted by atomic mass is 10.2. The Balaban J connectivity index is 2.49. The third-order valence-corrected chi connectivity index (χ3v) is 1.68. The monoisotopic (exact) mass is 157 g/mol. The Labute approximate surface area is 65.0 Å². The van der Waals surface area contributed by atoms with Gasteiger partial charge in [-0.15, -0.1) is 0 Å². The number of nitro groups is 1. The van der Waals surface area contributed by atoms with Crippen molar-refractivity contribution < 1.29 is 9.66 Å². The molecule has 0 aromatic carbocycles. The molecule has 4 nitrogen and oxygen atoms in total. The van der Waals surface area contributed by atoms with Crippen molar-refractivity contribution in [2.75, 3.05) is 6.61 Å². The van der Waals surface area contributed by atoms with E-state index in [4.69, 9.17) is 4.74 Å². The van der Waals surface area contributed by atoms with Crippen LogP contribution < -0.4 is 0 Å². The molecule has 0 saturated carbocycles. The predicted molar refractivity (Wildman–Crippen MR) is 39.7 cm³/mol. The molecule has 1 heterocycles. The zero-order chi connectivity index (χ0) is 8.27. The van der Waals surface area contributed by atoms with Crippen LogP contribution in [0.4, 0.5) is 0 Å². The van der Waals surface area contributed by atoms with Crippen LogP contribution in [0.3, 0.4) is 0 Å². The standard InChI is InChI=1S/C7H11NO3/c1-6(8(9)10)5-7-3-2-4-11-7/h5,7H,2-4H2,1H3. The molecule has 1 fully saturated rings. The van der Waals surface area contributed by atoms with Crippen molar-refractivity contribution in [1.82, 2.24) is 0 Å². The molecule has 0 spiro atoms. The molecule has 1 unspecified atom stereocenters. The van der Waals surface area contributed by atoms with Crippen LogP contribution in [-0.2, 0) is 4.74 Å². The van der Waals surface area contributed by atoms with Crippen LogP contribution in [0.15, 0.2) is 11.8 Å². The summed E-state index contributed by atoms with van der Waals surface area (Å²) in [4.78, 5) is 9.78. The molecule has 0 aliphatic carbocycles. The van der Waals surface area contributed by atoms with Crippen LogP contribution in [0.2, 0.25) is 0 Å². The Kier molecular flexibility index (Phi) is 2.59. The highest BCUT2D eigenvalue weighted by atomic mass is 16.6. The minimum absolute atomic E-state index is 0.0274. The van der Waals surface area contributed by atoms with Gasteiger partial charge in [0, 0.05) is 19.6 Å². The Morgan fingerprint density at radius 2 is 2.55 bits per heavy atom. The van der Waals surface area contributed by atoms with Crippen molar-refractivity contribution in [2.45, 2.75) is 25.9 Å². The van der Waals surface area contributed by atoms with Crippen LogP contribution in [-0.4, -0.2) is 17.6 Å². The van der Waals surface area contributed by atoms with E-state index in [1.807, 2.05) is 0 Å². The van der Waals surface area contributed by atoms with E-state index in [1.165, 1.54) is 6.92 Å². The van der Waals surface area contributed by atoms with Gasteiger partial charge in [-0.25, -0.2) is 0 Å². The van der Waals surface area contributed by atoms with Gasteiger partial charge in [0.15, 0.2) is 0 Å². The third kappa shape index (κ3) is 2.31. The lowest BCUT2D eigenvalue weighted by Crippen LogP contribution is -2.04. The summed E-state index contributed by atoms with van der Waals surface area (Å²) < 4.78 is 5.19. The SMILES string of the molecule is CC(=CC1CCCO1)[N+](=O)[O-]. The van der Waals surface area contributed by atoms with Gasteiger partial charge in [0.05, 0.1) is 11.0 Å². The summed E-state index contributed by atoms with van der Waals surface area (Å²) in [5.74, 6) is 0. The molecular formula is C7H11NO3. The van der Waals surface area contributed by atoms with E-state index < -0.39 is 0 Å². The van der Waals surface area contributed by atoms with E-state index in [0.29, 0.717) is 0 Å².